The number of nitrogens with zero attached hydrogens (tertiary/aromatic N) is 1. The predicted molar refractivity (Wildman–Crippen MR) is 124 cm³/mol. The van der Waals surface area contributed by atoms with E-state index in [0.717, 1.165) is 0 Å². The summed E-state index contributed by atoms with van der Waals surface area (Å²) in [6.45, 7) is 7.99. The van der Waals surface area contributed by atoms with Gasteiger partial charge in [-0.1, -0.05) is 13.8 Å². The zero-order chi connectivity index (χ0) is 26.6. The first-order valence-corrected chi connectivity index (χ1v) is 13.2. The molecule has 0 amide bonds. The van der Waals surface area contributed by atoms with Gasteiger partial charge in [-0.2, -0.15) is 0 Å². The average Bonchev–Trinajstić information content (AvgIpc) is 3.18. The van der Waals surface area contributed by atoms with Crippen LogP contribution in [0.1, 0.15) is 52.3 Å². The number of nitrogens with one attached hydrogen (secondary N) is 1. The van der Waals surface area contributed by atoms with Crippen molar-refractivity contribution in [2.45, 2.75) is 72.0 Å². The van der Waals surface area contributed by atoms with Crippen LogP contribution in [0.5, 0.6) is 0 Å². The Balaban J connectivity index is 1.64. The summed E-state index contributed by atoms with van der Waals surface area (Å²) < 4.78 is 46.7. The maximum absolute atomic E-state index is 12.9. The van der Waals surface area contributed by atoms with E-state index in [2.05, 4.69) is 4.98 Å². The second-order valence-corrected chi connectivity index (χ2v) is 11.1. The number of carbonyl (C=O) groups excluding carboxylic acids is 2. The molecule has 13 nitrogen and oxygen atoms in total. The highest BCUT2D eigenvalue weighted by Crippen LogP contribution is 2.53. The van der Waals surface area contributed by atoms with Crippen molar-refractivity contribution in [2.24, 2.45) is 11.8 Å². The number of phosphoric ester groups is 1. The molecule has 1 N–H and O–H groups in total. The number of rotatable bonds is 9. The number of hydrogen-bond acceptors (Lipinski definition) is 11. The number of esters is 2. The predicted octanol–water partition coefficient (Wildman–Crippen LogP) is 1.83. The first-order valence-electron chi connectivity index (χ1n) is 11.8. The van der Waals surface area contributed by atoms with Gasteiger partial charge in [0, 0.05) is 24.1 Å². The highest BCUT2D eigenvalue weighted by molar-refractivity contribution is 7.48. The number of aromatic amines is 1. The third kappa shape index (κ3) is 7.36. The van der Waals surface area contributed by atoms with Crippen LogP contribution in [0.2, 0.25) is 0 Å². The number of carbonyl (C=O) groups is 2. The molecule has 14 heteroatoms. The van der Waals surface area contributed by atoms with Gasteiger partial charge in [-0.3, -0.25) is 37.5 Å². The fraction of sp³-hybridized carbons (Fsp3) is 0.727. The van der Waals surface area contributed by atoms with Gasteiger partial charge in [0.15, 0.2) is 0 Å². The molecule has 3 heterocycles. The summed E-state index contributed by atoms with van der Waals surface area (Å²) in [6, 6.07) is 0. The molecule has 0 saturated carbocycles. The van der Waals surface area contributed by atoms with Crippen LogP contribution in [0.4, 0.5) is 0 Å². The van der Waals surface area contributed by atoms with Crippen molar-refractivity contribution in [3.8, 4) is 0 Å². The van der Waals surface area contributed by atoms with Crippen LogP contribution in [-0.4, -0.2) is 59.6 Å². The van der Waals surface area contributed by atoms with Crippen LogP contribution in [0.3, 0.4) is 0 Å². The van der Waals surface area contributed by atoms with Gasteiger partial charge in [0.25, 0.3) is 5.56 Å². The van der Waals surface area contributed by atoms with E-state index in [9.17, 15) is 23.7 Å². The number of ether oxygens (including phenoxy) is 3. The first kappa shape index (κ1) is 28.3. The van der Waals surface area contributed by atoms with Gasteiger partial charge in [-0.05, 0) is 20.8 Å². The molecule has 0 aliphatic carbocycles. The Morgan fingerprint density at radius 2 is 1.86 bits per heavy atom. The zero-order valence-electron chi connectivity index (χ0n) is 21.0. The van der Waals surface area contributed by atoms with Gasteiger partial charge in [-0.25, -0.2) is 9.36 Å². The Morgan fingerprint density at radius 1 is 1.19 bits per heavy atom. The molecule has 36 heavy (non-hydrogen) atoms. The second kappa shape index (κ2) is 11.8. The second-order valence-electron chi connectivity index (χ2n) is 9.42. The van der Waals surface area contributed by atoms with Gasteiger partial charge in [0.1, 0.15) is 18.4 Å². The van der Waals surface area contributed by atoms with E-state index in [4.69, 9.17) is 27.8 Å². The van der Waals surface area contributed by atoms with E-state index in [0.29, 0.717) is 5.56 Å². The van der Waals surface area contributed by atoms with Crippen LogP contribution in [0.15, 0.2) is 15.8 Å². The van der Waals surface area contributed by atoms with Crippen molar-refractivity contribution >= 4 is 19.8 Å². The van der Waals surface area contributed by atoms with Crippen molar-refractivity contribution < 1.29 is 41.9 Å². The molecule has 0 bridgehead atoms. The maximum Gasteiger partial charge on any atom is 0.474 e. The van der Waals surface area contributed by atoms with Gasteiger partial charge < -0.3 is 14.2 Å². The Bertz CT molecular complexity index is 1100. The van der Waals surface area contributed by atoms with E-state index in [1.165, 1.54) is 10.8 Å². The molecule has 0 spiro atoms. The van der Waals surface area contributed by atoms with E-state index in [1.54, 1.807) is 34.6 Å². The van der Waals surface area contributed by atoms with Crippen molar-refractivity contribution in [2.75, 3.05) is 19.8 Å². The molecule has 1 aromatic heterocycles. The van der Waals surface area contributed by atoms with Crippen LogP contribution in [-0.2, 0) is 41.9 Å². The summed E-state index contributed by atoms with van der Waals surface area (Å²) in [5, 5.41) is 0. The lowest BCUT2D eigenvalue weighted by Crippen LogP contribution is -2.33. The van der Waals surface area contributed by atoms with Crippen molar-refractivity contribution in [1.29, 1.82) is 0 Å². The quantitative estimate of drug-likeness (QED) is 0.365. The van der Waals surface area contributed by atoms with Crippen molar-refractivity contribution in [3.05, 3.63) is 32.6 Å². The summed E-state index contributed by atoms with van der Waals surface area (Å²) >= 11 is 0. The van der Waals surface area contributed by atoms with Crippen LogP contribution in [0, 0.1) is 18.8 Å². The summed E-state index contributed by atoms with van der Waals surface area (Å²) in [7, 11) is -3.96. The Hall–Kier alpha value is -2.31. The summed E-state index contributed by atoms with van der Waals surface area (Å²) in [6.07, 6.45) is -1.32. The van der Waals surface area contributed by atoms with Crippen molar-refractivity contribution in [1.82, 2.24) is 9.55 Å². The Morgan fingerprint density at radius 3 is 2.47 bits per heavy atom. The van der Waals surface area contributed by atoms with E-state index >= 15 is 0 Å². The fourth-order valence-corrected chi connectivity index (χ4v) is 4.95. The van der Waals surface area contributed by atoms with Crippen LogP contribution < -0.4 is 11.2 Å². The zero-order valence-corrected chi connectivity index (χ0v) is 21.9. The lowest BCUT2D eigenvalue weighted by Gasteiger charge is -2.29. The van der Waals surface area contributed by atoms with Crippen LogP contribution in [0.25, 0.3) is 0 Å². The number of hydrogen-bond donors (Lipinski definition) is 1. The SMILES string of the molecule is Cc1cn([C@@H]2C[C@@H](OC(=O)C(C)C)[C@H](COP3(=O)OCC(CC(=O)OC(C)C)CO3)O2)c(=O)[nH]c1=O. The van der Waals surface area contributed by atoms with Gasteiger partial charge in [0.05, 0.1) is 38.3 Å². The van der Waals surface area contributed by atoms with E-state index < -0.39 is 55.4 Å². The molecule has 2 aliphatic rings. The third-order valence-corrected chi connectivity index (χ3v) is 6.93. The smallest absolute Gasteiger partial charge is 0.463 e. The molecule has 0 unspecified atom stereocenters. The minimum atomic E-state index is -3.96. The average molecular weight is 532 g/mol. The topological polar surface area (TPSA) is 161 Å². The van der Waals surface area contributed by atoms with Gasteiger partial charge in [0.2, 0.25) is 0 Å². The number of aryl methyl sites for hydroxylation is 1. The standard InChI is InChI=1S/C22H33N2O11P/c1-12(2)21(27)35-16-7-18(24-8-14(5)20(26)23-22(24)28)34-17(16)11-32-36(29)30-9-15(10-31-36)6-19(25)33-13(3)4/h8,12-13,15-18H,6-7,9-11H2,1-5H3,(H,23,26,28)/t15?,16-,17+,18+,36?/m1/s1. The summed E-state index contributed by atoms with van der Waals surface area (Å²) in [4.78, 5) is 50.3. The lowest BCUT2D eigenvalue weighted by molar-refractivity contribution is -0.157. The molecule has 2 aliphatic heterocycles. The van der Waals surface area contributed by atoms with Gasteiger partial charge in [-0.15, -0.1) is 0 Å². The molecular formula is C22H33N2O11P. The first-order chi connectivity index (χ1) is 16.9. The minimum Gasteiger partial charge on any atom is -0.463 e. The normalized spacial score (nSPS) is 28.4. The number of phosphoric acid groups is 1. The fourth-order valence-electron chi connectivity index (χ4n) is 3.61. The van der Waals surface area contributed by atoms with Gasteiger partial charge >= 0.3 is 25.5 Å². The van der Waals surface area contributed by atoms with E-state index in [1.807, 2.05) is 0 Å². The largest absolute Gasteiger partial charge is 0.474 e. The molecule has 0 aromatic carbocycles. The molecule has 1 aromatic rings. The molecule has 0 radical (unpaired) electrons. The lowest BCUT2D eigenvalue weighted by atomic mass is 10.1. The van der Waals surface area contributed by atoms with Crippen LogP contribution >= 0.6 is 7.82 Å². The maximum atomic E-state index is 12.9. The third-order valence-electron chi connectivity index (χ3n) is 5.53. The molecular weight excluding hydrogens is 499 g/mol. The highest BCUT2D eigenvalue weighted by atomic mass is 31.2. The Kier molecular flexibility index (Phi) is 9.28. The molecule has 2 saturated heterocycles. The Labute approximate surface area is 208 Å². The molecule has 202 valence electrons. The highest BCUT2D eigenvalue weighted by Gasteiger charge is 2.43. The number of aromatic nitrogens is 2. The summed E-state index contributed by atoms with van der Waals surface area (Å²) in [5.41, 5.74) is -0.897. The minimum absolute atomic E-state index is 0.0313. The monoisotopic (exact) mass is 532 g/mol. The summed E-state index contributed by atoms with van der Waals surface area (Å²) in [5.74, 6) is -1.64. The molecule has 2 fully saturated rings. The number of H-pyrrole nitrogens is 1. The van der Waals surface area contributed by atoms with E-state index in [-0.39, 0.29) is 44.7 Å². The van der Waals surface area contributed by atoms with Crippen molar-refractivity contribution in [3.63, 3.8) is 0 Å². The molecule has 3 rings (SSSR count). The molecule has 3 atom stereocenters.